The number of hydrogen-bond acceptors (Lipinski definition) is 2. The molecule has 0 aliphatic heterocycles. The van der Waals surface area contributed by atoms with Gasteiger partial charge in [-0.25, -0.2) is 0 Å². The standard InChI is InChI=1S/C6H13NO/c1-4-6(2,3)5(7)8/h4-5,8H,1,7H2,2-3H3. The smallest absolute Gasteiger partial charge is 0.111 e. The molecule has 1 atom stereocenters. The summed E-state index contributed by atoms with van der Waals surface area (Å²) in [7, 11) is 0. The molecule has 0 saturated heterocycles. The highest BCUT2D eigenvalue weighted by molar-refractivity contribution is 4.90. The molecule has 3 N–H and O–H groups in total. The summed E-state index contributed by atoms with van der Waals surface area (Å²) in [4.78, 5) is 0. The lowest BCUT2D eigenvalue weighted by Crippen LogP contribution is -2.35. The van der Waals surface area contributed by atoms with Gasteiger partial charge >= 0.3 is 0 Å². The van der Waals surface area contributed by atoms with Crippen molar-refractivity contribution in [3.05, 3.63) is 12.7 Å². The molecular formula is C6H13NO. The zero-order valence-electron chi connectivity index (χ0n) is 5.39. The summed E-state index contributed by atoms with van der Waals surface area (Å²) < 4.78 is 0. The highest BCUT2D eigenvalue weighted by atomic mass is 16.3. The number of rotatable bonds is 2. The molecule has 2 nitrogen and oxygen atoms in total. The summed E-state index contributed by atoms with van der Waals surface area (Å²) in [6.45, 7) is 7.16. The van der Waals surface area contributed by atoms with E-state index in [0.29, 0.717) is 0 Å². The van der Waals surface area contributed by atoms with E-state index in [0.717, 1.165) is 0 Å². The molecule has 0 amide bonds. The summed E-state index contributed by atoms with van der Waals surface area (Å²) in [6, 6.07) is 0. The van der Waals surface area contributed by atoms with Crippen LogP contribution in [-0.4, -0.2) is 11.3 Å². The van der Waals surface area contributed by atoms with Crippen LogP contribution in [0.4, 0.5) is 0 Å². The number of aliphatic hydroxyl groups is 1. The topological polar surface area (TPSA) is 46.2 Å². The average Bonchev–Trinajstić information content (AvgIpc) is 1.67. The van der Waals surface area contributed by atoms with Crippen LogP contribution in [0, 0.1) is 5.41 Å². The Balaban J connectivity index is 3.90. The third-order valence-corrected chi connectivity index (χ3v) is 1.29. The molecule has 1 unspecified atom stereocenters. The van der Waals surface area contributed by atoms with E-state index in [4.69, 9.17) is 10.8 Å². The molecule has 0 aromatic carbocycles. The summed E-state index contributed by atoms with van der Waals surface area (Å²) in [6.07, 6.45) is 0.831. The summed E-state index contributed by atoms with van der Waals surface area (Å²) in [5.41, 5.74) is 4.80. The van der Waals surface area contributed by atoms with Gasteiger partial charge in [0.25, 0.3) is 0 Å². The Morgan fingerprint density at radius 1 is 1.75 bits per heavy atom. The fraction of sp³-hybridized carbons (Fsp3) is 0.667. The maximum absolute atomic E-state index is 8.79. The van der Waals surface area contributed by atoms with Gasteiger partial charge in [-0.05, 0) is 0 Å². The molecule has 0 aliphatic rings. The first-order chi connectivity index (χ1) is 3.50. The highest BCUT2D eigenvalue weighted by Crippen LogP contribution is 2.17. The SMILES string of the molecule is C=CC(C)(C)C(N)O. The largest absolute Gasteiger partial charge is 0.378 e. The lowest BCUT2D eigenvalue weighted by Gasteiger charge is -2.22. The first kappa shape index (κ1) is 7.66. The van der Waals surface area contributed by atoms with Crippen molar-refractivity contribution < 1.29 is 5.11 Å². The Morgan fingerprint density at radius 3 is 2.12 bits per heavy atom. The third-order valence-electron chi connectivity index (χ3n) is 1.29. The maximum atomic E-state index is 8.79. The van der Waals surface area contributed by atoms with Gasteiger partial charge in [-0.15, -0.1) is 6.58 Å². The van der Waals surface area contributed by atoms with Crippen molar-refractivity contribution in [2.24, 2.45) is 11.1 Å². The monoisotopic (exact) mass is 115 g/mol. The third kappa shape index (κ3) is 1.64. The van der Waals surface area contributed by atoms with Gasteiger partial charge in [-0.2, -0.15) is 0 Å². The second-order valence-electron chi connectivity index (χ2n) is 2.47. The molecule has 0 saturated carbocycles. The molecule has 0 aromatic heterocycles. The molecule has 0 spiro atoms. The van der Waals surface area contributed by atoms with Crippen LogP contribution in [0.25, 0.3) is 0 Å². The van der Waals surface area contributed by atoms with Crippen LogP contribution in [0.3, 0.4) is 0 Å². The molecule has 0 radical (unpaired) electrons. The molecule has 0 heterocycles. The zero-order valence-corrected chi connectivity index (χ0v) is 5.39. The van der Waals surface area contributed by atoms with Crippen molar-refractivity contribution >= 4 is 0 Å². The van der Waals surface area contributed by atoms with Crippen molar-refractivity contribution in [3.63, 3.8) is 0 Å². The van der Waals surface area contributed by atoms with Gasteiger partial charge < -0.3 is 10.8 Å². The van der Waals surface area contributed by atoms with E-state index in [-0.39, 0.29) is 5.41 Å². The molecule has 0 fully saturated rings. The van der Waals surface area contributed by atoms with Crippen molar-refractivity contribution in [3.8, 4) is 0 Å². The number of aliphatic hydroxyl groups excluding tert-OH is 1. The minimum atomic E-state index is -0.806. The van der Waals surface area contributed by atoms with E-state index in [1.54, 1.807) is 6.08 Å². The number of nitrogens with two attached hydrogens (primary N) is 1. The van der Waals surface area contributed by atoms with Crippen LogP contribution in [0.15, 0.2) is 12.7 Å². The number of hydrogen-bond donors (Lipinski definition) is 2. The van der Waals surface area contributed by atoms with Crippen LogP contribution >= 0.6 is 0 Å². The predicted octanol–water partition coefficient (Wildman–Crippen LogP) is 0.476. The first-order valence-corrected chi connectivity index (χ1v) is 2.58. The van der Waals surface area contributed by atoms with E-state index in [9.17, 15) is 0 Å². The lowest BCUT2D eigenvalue weighted by atomic mass is 9.92. The van der Waals surface area contributed by atoms with Gasteiger partial charge in [0.05, 0.1) is 0 Å². The minimum absolute atomic E-state index is 0.361. The second-order valence-corrected chi connectivity index (χ2v) is 2.47. The molecule has 2 heteroatoms. The van der Waals surface area contributed by atoms with Crippen molar-refractivity contribution in [2.45, 2.75) is 20.1 Å². The van der Waals surface area contributed by atoms with Crippen LogP contribution in [0.1, 0.15) is 13.8 Å². The zero-order chi connectivity index (χ0) is 6.78. The van der Waals surface area contributed by atoms with Crippen LogP contribution in [0.2, 0.25) is 0 Å². The fourth-order valence-corrected chi connectivity index (χ4v) is 0.121. The van der Waals surface area contributed by atoms with Gasteiger partial charge in [-0.3, -0.25) is 0 Å². The Hall–Kier alpha value is -0.340. The molecule has 0 aliphatic carbocycles. The predicted molar refractivity (Wildman–Crippen MR) is 34.2 cm³/mol. The summed E-state index contributed by atoms with van der Waals surface area (Å²) in [5.74, 6) is 0. The van der Waals surface area contributed by atoms with Crippen molar-refractivity contribution in [1.82, 2.24) is 0 Å². The van der Waals surface area contributed by atoms with Gasteiger partial charge in [0.2, 0.25) is 0 Å². The molecular weight excluding hydrogens is 102 g/mol. The first-order valence-electron chi connectivity index (χ1n) is 2.58. The summed E-state index contributed by atoms with van der Waals surface area (Å²) in [5, 5.41) is 8.79. The lowest BCUT2D eigenvalue weighted by molar-refractivity contribution is 0.0885. The molecule has 0 rings (SSSR count). The second kappa shape index (κ2) is 2.29. The molecule has 0 aromatic rings. The Morgan fingerprint density at radius 2 is 2.12 bits per heavy atom. The van der Waals surface area contributed by atoms with Crippen LogP contribution in [0.5, 0.6) is 0 Å². The Kier molecular flexibility index (Phi) is 2.19. The molecule has 8 heavy (non-hydrogen) atoms. The average molecular weight is 115 g/mol. The van der Waals surface area contributed by atoms with E-state index in [1.807, 2.05) is 13.8 Å². The van der Waals surface area contributed by atoms with Gasteiger partial charge in [-0.1, -0.05) is 19.9 Å². The Labute approximate surface area is 50.0 Å². The quantitative estimate of drug-likeness (QED) is 0.406. The van der Waals surface area contributed by atoms with Crippen LogP contribution < -0.4 is 5.73 Å². The van der Waals surface area contributed by atoms with Gasteiger partial charge in [0, 0.05) is 5.41 Å². The van der Waals surface area contributed by atoms with E-state index in [1.165, 1.54) is 0 Å². The normalized spacial score (nSPS) is 15.5. The maximum Gasteiger partial charge on any atom is 0.111 e. The van der Waals surface area contributed by atoms with Gasteiger partial charge in [0.15, 0.2) is 0 Å². The van der Waals surface area contributed by atoms with E-state index in [2.05, 4.69) is 6.58 Å². The van der Waals surface area contributed by atoms with Crippen molar-refractivity contribution in [2.75, 3.05) is 0 Å². The highest BCUT2D eigenvalue weighted by Gasteiger charge is 2.19. The van der Waals surface area contributed by atoms with E-state index < -0.39 is 6.23 Å². The molecule has 48 valence electrons. The minimum Gasteiger partial charge on any atom is -0.378 e. The van der Waals surface area contributed by atoms with Crippen LogP contribution in [-0.2, 0) is 0 Å². The fourth-order valence-electron chi connectivity index (χ4n) is 0.121. The van der Waals surface area contributed by atoms with Crippen molar-refractivity contribution in [1.29, 1.82) is 0 Å². The molecule has 0 bridgehead atoms. The van der Waals surface area contributed by atoms with E-state index >= 15 is 0 Å². The Bertz CT molecular complexity index is 86.5. The summed E-state index contributed by atoms with van der Waals surface area (Å²) >= 11 is 0. The van der Waals surface area contributed by atoms with Gasteiger partial charge in [0.1, 0.15) is 6.23 Å².